The molecule has 0 spiro atoms. The number of hydrogen-bond donors (Lipinski definition) is 0. The van der Waals surface area contributed by atoms with Gasteiger partial charge in [0.1, 0.15) is 0 Å². The molecule has 3 aromatic heterocycles. The molecule has 0 saturated carbocycles. The van der Waals surface area contributed by atoms with Gasteiger partial charge in [0.15, 0.2) is 11.5 Å². The summed E-state index contributed by atoms with van der Waals surface area (Å²) in [5.74, 6) is 1.65. The lowest BCUT2D eigenvalue weighted by atomic mass is 9.92. The van der Waals surface area contributed by atoms with E-state index in [-0.39, 0.29) is 0 Å². The minimum Gasteiger partial charge on any atom is -0.453 e. The Hall–Kier alpha value is -19.1. The number of rotatable bonds is 10. The second-order valence-corrected chi connectivity index (χ2v) is 33.0. The summed E-state index contributed by atoms with van der Waals surface area (Å²) in [5, 5.41) is 63.4. The molecule has 0 unspecified atom stereocenters. The molecule has 0 aliphatic carbocycles. The first-order valence-electron chi connectivity index (χ1n) is 43.4. The average molecular weight is 1680 g/mol. The first-order valence-corrected chi connectivity index (χ1v) is 43.4. The average Bonchev–Trinajstić information content (AvgIpc) is 1.54. The van der Waals surface area contributed by atoms with E-state index in [9.17, 15) is 31.6 Å². The summed E-state index contributed by atoms with van der Waals surface area (Å²) in [6, 6.07) is 157. The van der Waals surface area contributed by atoms with E-state index >= 15 is 0 Å². The van der Waals surface area contributed by atoms with E-state index < -0.39 is 0 Å². The Labute approximate surface area is 760 Å². The Kier molecular flexibility index (Phi) is 18.9. The molecule has 0 radical (unpaired) electrons. The second-order valence-electron chi connectivity index (χ2n) is 33.0. The summed E-state index contributed by atoms with van der Waals surface area (Å²) >= 11 is 0. The van der Waals surface area contributed by atoms with Crippen molar-refractivity contribution in [3.8, 4) is 154 Å². The number of anilines is 6. The van der Waals surface area contributed by atoms with Gasteiger partial charge < -0.3 is 28.2 Å². The van der Waals surface area contributed by atoms with Crippen molar-refractivity contribution in [1.29, 1.82) is 31.6 Å². The Morgan fingerprint density at radius 1 is 0.167 bits per heavy atom. The Balaban J connectivity index is 0.000000113. The van der Waals surface area contributed by atoms with E-state index in [4.69, 9.17) is 4.74 Å². The van der Waals surface area contributed by atoms with Crippen LogP contribution in [0.25, 0.3) is 171 Å². The number of nitriles is 6. The van der Waals surface area contributed by atoms with Crippen molar-refractivity contribution in [2.45, 2.75) is 0 Å². The summed E-state index contributed by atoms with van der Waals surface area (Å²) in [4.78, 5) is 4.74. The zero-order valence-electron chi connectivity index (χ0n) is 70.7. The first-order chi connectivity index (χ1) is 65.1. The first kappa shape index (κ1) is 77.7. The van der Waals surface area contributed by atoms with Gasteiger partial charge in [-0.15, -0.1) is 0 Å². The summed E-state index contributed by atoms with van der Waals surface area (Å²) in [6.07, 6.45) is 0. The molecule has 0 fully saturated rings. The van der Waals surface area contributed by atoms with Crippen LogP contribution in [-0.2, 0) is 0 Å². The van der Waals surface area contributed by atoms with Gasteiger partial charge in [-0.2, -0.15) is 31.6 Å². The Bertz CT molecular complexity index is 8560. The van der Waals surface area contributed by atoms with Crippen molar-refractivity contribution in [2.75, 3.05) is 9.80 Å². The Morgan fingerprint density at radius 2 is 0.447 bits per heavy atom. The van der Waals surface area contributed by atoms with Crippen LogP contribution in [0.15, 0.2) is 419 Å². The van der Waals surface area contributed by atoms with Crippen molar-refractivity contribution in [1.82, 2.24) is 13.7 Å². The van der Waals surface area contributed by atoms with Crippen LogP contribution in [0.2, 0.25) is 0 Å². The van der Waals surface area contributed by atoms with Gasteiger partial charge in [0.25, 0.3) is 0 Å². The highest BCUT2D eigenvalue weighted by atomic mass is 16.5. The van der Waals surface area contributed by atoms with Crippen LogP contribution >= 0.6 is 0 Å². The van der Waals surface area contributed by atoms with Crippen LogP contribution in [0.5, 0.6) is 11.5 Å². The molecule has 0 atom stereocenters. The molecular formula is C120H69N11O. The van der Waals surface area contributed by atoms with Crippen LogP contribution in [0.4, 0.5) is 34.1 Å². The minimum atomic E-state index is 0.626. The second kappa shape index (κ2) is 32.2. The molecule has 610 valence electrons. The molecule has 22 aromatic rings. The van der Waals surface area contributed by atoms with Gasteiger partial charge in [0.05, 0.1) is 143 Å². The lowest BCUT2D eigenvalue weighted by molar-refractivity contribution is 0.476. The molecule has 12 heteroatoms. The fourth-order valence-electron chi connectivity index (χ4n) is 19.3. The molecule has 6 heterocycles. The van der Waals surface area contributed by atoms with E-state index in [1.54, 1.807) is 0 Å². The molecule has 3 aliphatic heterocycles. The molecule has 0 amide bonds. The van der Waals surface area contributed by atoms with E-state index in [1.165, 1.54) is 54.4 Å². The quantitative estimate of drug-likeness (QED) is 0.129. The maximum atomic E-state index is 9.40. The molecule has 12 nitrogen and oxygen atoms in total. The lowest BCUT2D eigenvalue weighted by Crippen LogP contribution is -2.18. The van der Waals surface area contributed by atoms with Crippen molar-refractivity contribution in [3.05, 3.63) is 452 Å². The summed E-state index contributed by atoms with van der Waals surface area (Å²) in [7, 11) is 0. The number of benzene rings is 19. The number of hydrogen-bond acceptors (Lipinski definition) is 9. The fraction of sp³-hybridized carbons (Fsp3) is 0. The topological polar surface area (TPSA) is 173 Å². The van der Waals surface area contributed by atoms with Gasteiger partial charge in [-0.3, -0.25) is 0 Å². The van der Waals surface area contributed by atoms with E-state index in [2.05, 4.69) is 321 Å². The lowest BCUT2D eigenvalue weighted by Gasteiger charge is -2.33. The highest BCUT2D eigenvalue weighted by Gasteiger charge is 2.33. The third kappa shape index (κ3) is 13.3. The van der Waals surface area contributed by atoms with Crippen molar-refractivity contribution in [3.63, 3.8) is 0 Å². The molecule has 0 N–H and O–H groups in total. The third-order valence-electron chi connectivity index (χ3n) is 25.5. The van der Waals surface area contributed by atoms with Crippen LogP contribution in [0.1, 0.15) is 33.4 Å². The highest BCUT2D eigenvalue weighted by molar-refractivity contribution is 6.19. The normalized spacial score (nSPS) is 11.6. The number of ether oxygens (including phenoxy) is 1. The molecule has 19 aromatic carbocycles. The van der Waals surface area contributed by atoms with Crippen molar-refractivity contribution >= 4 is 99.5 Å². The number of para-hydroxylation sites is 9. The smallest absolute Gasteiger partial charge is 0.152 e. The van der Waals surface area contributed by atoms with Gasteiger partial charge >= 0.3 is 0 Å². The molecular weight excluding hydrogens is 1610 g/mol. The maximum Gasteiger partial charge on any atom is 0.152 e. The SMILES string of the molecule is N#Cc1ccc(-c2cc(-c3ccc(C#N)cc3)cc(-c3ccc4c(c3)N(c3ccccc3)c3cccc5c6ccccc6n-4c35)c2)cc1.N#Cc1ccc(-c2cc(-c3ccc(C#N)cc3)cc(-c3ccc4c(c3)Oc3cccc5c6ccccc6n-4c35)c2)cc1.N#Cc1ccc(-c2cc(-c3ccc(C#N)cc3)cc(N3c4ccccc4-n4c5ccccc5c5cccc3c54)c2)cc1. The third-order valence-corrected chi connectivity index (χ3v) is 25.5. The molecule has 0 saturated heterocycles. The molecule has 132 heavy (non-hydrogen) atoms. The predicted octanol–water partition coefficient (Wildman–Crippen LogP) is 30.6. The number of fused-ring (bicyclic) bond motifs is 15. The predicted molar refractivity (Wildman–Crippen MR) is 531 cm³/mol. The highest BCUT2D eigenvalue weighted by Crippen LogP contribution is 2.55. The largest absolute Gasteiger partial charge is 0.453 e. The van der Waals surface area contributed by atoms with Crippen molar-refractivity contribution in [2.24, 2.45) is 0 Å². The van der Waals surface area contributed by atoms with Crippen LogP contribution in [-0.4, -0.2) is 13.7 Å². The van der Waals surface area contributed by atoms with E-state index in [1.807, 2.05) is 158 Å². The zero-order valence-corrected chi connectivity index (χ0v) is 70.7. The molecule has 3 aliphatic rings. The number of aromatic nitrogens is 3. The van der Waals surface area contributed by atoms with Gasteiger partial charge in [0, 0.05) is 43.7 Å². The van der Waals surface area contributed by atoms with Gasteiger partial charge in [0.2, 0.25) is 0 Å². The molecule has 25 rings (SSSR count). The van der Waals surface area contributed by atoms with E-state index in [0.717, 1.165) is 163 Å². The van der Waals surface area contributed by atoms with Crippen LogP contribution < -0.4 is 14.5 Å². The number of nitrogens with zero attached hydrogens (tertiary/aromatic N) is 11. The monoisotopic (exact) mass is 1680 g/mol. The summed E-state index contributed by atoms with van der Waals surface area (Å²) in [6.45, 7) is 0. The minimum absolute atomic E-state index is 0.626. The molecule has 0 bridgehead atoms. The summed E-state index contributed by atoms with van der Waals surface area (Å²) in [5.41, 5.74) is 37.3. The van der Waals surface area contributed by atoms with Gasteiger partial charge in [-0.1, -0.05) is 206 Å². The van der Waals surface area contributed by atoms with Gasteiger partial charge in [-0.25, -0.2) is 0 Å². The van der Waals surface area contributed by atoms with Crippen LogP contribution in [0, 0.1) is 68.0 Å². The Morgan fingerprint density at radius 3 is 0.841 bits per heavy atom. The zero-order chi connectivity index (χ0) is 88.6. The standard InChI is InChI=1S/C44H26N4.C38H22N4.C38H21N3O/c45-27-29-13-17-31(18-14-29)34-23-35(32-19-15-30(28-46)16-20-32)25-36(24-34)33-21-22-41-43(26-33)47(37-7-2-1-3-8-37)42-12-6-10-39-38-9-4-5-11-40(38)48(41)44(39)42;39-23-25-12-16-27(17-13-25)29-20-30(28-18-14-26(24-40)15-19-28)22-31(21-29)41-35-9-3-4-10-36(35)42-34-8-2-1-6-32(34)33-7-5-11-37(41)38(33)42;39-22-24-8-12-26(13-9-24)29-18-30(27-14-10-25(23-40)11-15-27)20-31(19-29)28-16-17-35-37(21-28)42-36-7-3-5-33-32-4-1-2-6-34(32)41(35)38(33)36/h1-26H;1-22H;1-21H. The maximum absolute atomic E-state index is 9.40. The van der Waals surface area contributed by atoms with E-state index in [0.29, 0.717) is 33.4 Å². The fourth-order valence-corrected chi connectivity index (χ4v) is 19.3. The van der Waals surface area contributed by atoms with Crippen molar-refractivity contribution < 1.29 is 4.74 Å². The van der Waals surface area contributed by atoms with Crippen LogP contribution in [0.3, 0.4) is 0 Å². The van der Waals surface area contributed by atoms with Gasteiger partial charge in [-0.05, 0) is 301 Å². The summed E-state index contributed by atoms with van der Waals surface area (Å²) < 4.78 is 13.6.